The van der Waals surface area contributed by atoms with Crippen LogP contribution in [-0.2, 0) is 18.9 Å². The minimum atomic E-state index is -1.23. The largest absolute Gasteiger partial charge is 0.379 e. The number of nitrogens with two attached hydrogens (primary N) is 2. The molecule has 6 heteroatoms. The second kappa shape index (κ2) is 37.2. The van der Waals surface area contributed by atoms with Gasteiger partial charge in [0, 0.05) is 6.61 Å². The second-order valence-electron chi connectivity index (χ2n) is 13.3. The van der Waals surface area contributed by atoms with Gasteiger partial charge in [-0.05, 0) is 12.8 Å². The molecule has 4 N–H and O–H groups in total. The van der Waals surface area contributed by atoms with Crippen LogP contribution >= 0.6 is 0 Å². The van der Waals surface area contributed by atoms with Gasteiger partial charge < -0.3 is 18.9 Å². The maximum atomic E-state index is 6.03. The van der Waals surface area contributed by atoms with Gasteiger partial charge in [-0.1, -0.05) is 181 Å². The molecule has 266 valence electrons. The highest BCUT2D eigenvalue weighted by Gasteiger charge is 2.19. The van der Waals surface area contributed by atoms with E-state index in [1.807, 2.05) is 0 Å². The Hall–Kier alpha value is -0.240. The zero-order chi connectivity index (χ0) is 32.1. The van der Waals surface area contributed by atoms with Gasteiger partial charge in [-0.15, -0.1) is 0 Å². The number of hydrogen-bond donors (Lipinski definition) is 2. The summed E-state index contributed by atoms with van der Waals surface area (Å²) in [6, 6.07) is 0. The van der Waals surface area contributed by atoms with Gasteiger partial charge in [0.1, 0.15) is 6.61 Å². The molecule has 0 aliphatic heterocycles. The molecule has 0 saturated carbocycles. The molecule has 6 nitrogen and oxygen atoms in total. The zero-order valence-electron chi connectivity index (χ0n) is 30.0. The van der Waals surface area contributed by atoms with Crippen molar-refractivity contribution in [2.45, 2.75) is 199 Å². The third-order valence-electron chi connectivity index (χ3n) is 8.58. The Morgan fingerprint density at radius 3 is 0.955 bits per heavy atom. The van der Waals surface area contributed by atoms with Crippen molar-refractivity contribution >= 4 is 0 Å². The van der Waals surface area contributed by atoms with Crippen LogP contribution in [-0.4, -0.2) is 52.1 Å². The second-order valence-corrected chi connectivity index (χ2v) is 13.3. The molecule has 0 aromatic carbocycles. The van der Waals surface area contributed by atoms with Crippen LogP contribution in [0.15, 0.2) is 0 Å². The Balaban J connectivity index is 3.24. The van der Waals surface area contributed by atoms with Gasteiger partial charge in [0.25, 0.3) is 0 Å². The van der Waals surface area contributed by atoms with Crippen LogP contribution in [0.25, 0.3) is 0 Å². The van der Waals surface area contributed by atoms with Gasteiger partial charge in [-0.2, -0.15) is 0 Å². The zero-order valence-corrected chi connectivity index (χ0v) is 30.0. The predicted molar refractivity (Wildman–Crippen MR) is 190 cm³/mol. The van der Waals surface area contributed by atoms with Crippen molar-refractivity contribution in [1.82, 2.24) is 0 Å². The molecule has 0 aliphatic rings. The average Bonchev–Trinajstić information content (AvgIpc) is 3.01. The molecule has 0 aliphatic carbocycles. The highest BCUT2D eigenvalue weighted by molar-refractivity contribution is 4.63. The monoisotopic (exact) mass is 629 g/mol. The van der Waals surface area contributed by atoms with Crippen molar-refractivity contribution in [3.8, 4) is 0 Å². The van der Waals surface area contributed by atoms with E-state index in [4.69, 9.17) is 30.4 Å². The summed E-state index contributed by atoms with van der Waals surface area (Å²) < 4.78 is 22.5. The summed E-state index contributed by atoms with van der Waals surface area (Å²) in [4.78, 5) is 0. The number of unbranched alkanes of at least 4 members (excludes halogenated alkanes) is 26. The highest BCUT2D eigenvalue weighted by atomic mass is 16.6. The first kappa shape index (κ1) is 43.8. The van der Waals surface area contributed by atoms with E-state index in [1.54, 1.807) is 0 Å². The molecule has 0 fully saturated rings. The molecule has 0 aromatic rings. The summed E-state index contributed by atoms with van der Waals surface area (Å²) in [5.74, 6) is -1.23. The molecule has 0 saturated heterocycles. The topological polar surface area (TPSA) is 89.0 Å². The molecular weight excluding hydrogens is 548 g/mol. The van der Waals surface area contributed by atoms with Crippen molar-refractivity contribution in [1.29, 1.82) is 0 Å². The van der Waals surface area contributed by atoms with Crippen LogP contribution in [0.1, 0.15) is 194 Å². The van der Waals surface area contributed by atoms with E-state index in [-0.39, 0.29) is 6.61 Å². The first-order valence-electron chi connectivity index (χ1n) is 19.6. The Bertz CT molecular complexity index is 521. The minimum Gasteiger partial charge on any atom is -0.379 e. The first-order chi connectivity index (χ1) is 21.6. The van der Waals surface area contributed by atoms with E-state index in [9.17, 15) is 0 Å². The molecule has 0 spiro atoms. The molecule has 0 bridgehead atoms. The molecule has 0 radical (unpaired) electrons. The van der Waals surface area contributed by atoms with Crippen LogP contribution in [0.2, 0.25) is 0 Å². The Morgan fingerprint density at radius 2 is 0.591 bits per heavy atom. The van der Waals surface area contributed by atoms with Crippen LogP contribution in [0.3, 0.4) is 0 Å². The molecule has 0 heterocycles. The summed E-state index contributed by atoms with van der Waals surface area (Å²) >= 11 is 0. The minimum absolute atomic E-state index is 0.171. The van der Waals surface area contributed by atoms with E-state index < -0.39 is 5.85 Å². The summed E-state index contributed by atoms with van der Waals surface area (Å²) in [7, 11) is 0. The van der Waals surface area contributed by atoms with Crippen LogP contribution in [0, 0.1) is 0 Å². The third-order valence-corrected chi connectivity index (χ3v) is 8.58. The lowest BCUT2D eigenvalue weighted by Gasteiger charge is -2.24. The Kier molecular flexibility index (Phi) is 37.0. The van der Waals surface area contributed by atoms with E-state index in [2.05, 4.69) is 13.8 Å². The average molecular weight is 629 g/mol. The molecular formula is C38H80N2O4. The molecule has 0 rings (SSSR count). The van der Waals surface area contributed by atoms with Crippen molar-refractivity contribution in [2.24, 2.45) is 11.5 Å². The molecule has 0 amide bonds. The molecule has 0 aromatic heterocycles. The lowest BCUT2D eigenvalue weighted by atomic mass is 10.0. The number of hydrogen-bond acceptors (Lipinski definition) is 6. The Morgan fingerprint density at radius 1 is 0.318 bits per heavy atom. The summed E-state index contributed by atoms with van der Waals surface area (Å²) in [5, 5.41) is 0. The van der Waals surface area contributed by atoms with Crippen molar-refractivity contribution in [3.63, 3.8) is 0 Å². The lowest BCUT2D eigenvalue weighted by Crippen LogP contribution is -2.56. The molecule has 44 heavy (non-hydrogen) atoms. The normalized spacial score (nSPS) is 12.0. The fourth-order valence-electron chi connectivity index (χ4n) is 5.67. The van der Waals surface area contributed by atoms with Crippen molar-refractivity contribution < 1.29 is 18.9 Å². The fourth-order valence-corrected chi connectivity index (χ4v) is 5.67. The first-order valence-corrected chi connectivity index (χ1v) is 19.6. The van der Waals surface area contributed by atoms with Crippen LogP contribution in [0.5, 0.6) is 0 Å². The van der Waals surface area contributed by atoms with Gasteiger partial charge in [0.2, 0.25) is 0 Å². The maximum absolute atomic E-state index is 6.03. The third kappa shape index (κ3) is 37.9. The maximum Gasteiger partial charge on any atom is 0.193 e. The van der Waals surface area contributed by atoms with Gasteiger partial charge in [-0.3, -0.25) is 11.5 Å². The van der Waals surface area contributed by atoms with Gasteiger partial charge in [0.05, 0.1) is 33.0 Å². The van der Waals surface area contributed by atoms with E-state index in [0.29, 0.717) is 33.0 Å². The summed E-state index contributed by atoms with van der Waals surface area (Å²) in [5.41, 5.74) is 12.1. The SMILES string of the molecule is CCCCCCCCCCCCCCCCOCCOCCOCC(N)(N)OCCCCCCCCCCCCCCCC. The Labute approximate surface area is 275 Å². The fraction of sp³-hybridized carbons (Fsp3) is 1.00. The number of ether oxygens (including phenoxy) is 4. The predicted octanol–water partition coefficient (Wildman–Crippen LogP) is 10.6. The van der Waals surface area contributed by atoms with E-state index in [0.717, 1.165) is 19.4 Å². The highest BCUT2D eigenvalue weighted by Crippen LogP contribution is 2.14. The van der Waals surface area contributed by atoms with Crippen LogP contribution in [0.4, 0.5) is 0 Å². The number of rotatable bonds is 39. The summed E-state index contributed by atoms with van der Waals surface area (Å²) in [6.45, 7) is 8.35. The molecule has 0 atom stereocenters. The van der Waals surface area contributed by atoms with Crippen molar-refractivity contribution in [3.05, 3.63) is 0 Å². The van der Waals surface area contributed by atoms with Gasteiger partial charge in [-0.25, -0.2) is 0 Å². The van der Waals surface area contributed by atoms with Gasteiger partial charge in [0.15, 0.2) is 5.85 Å². The summed E-state index contributed by atoms with van der Waals surface area (Å²) in [6.07, 6.45) is 38.1. The standard InChI is InChI=1S/C38H80N2O4/c1-3-5-7-9-11-13-15-17-19-21-23-25-27-29-31-41-33-34-42-35-36-43-37-38(39,40)44-32-30-28-26-24-22-20-18-16-14-12-10-8-6-4-2/h3-37,39-40H2,1-2H3. The lowest BCUT2D eigenvalue weighted by molar-refractivity contribution is -0.0988. The van der Waals surface area contributed by atoms with E-state index >= 15 is 0 Å². The van der Waals surface area contributed by atoms with Crippen LogP contribution < -0.4 is 11.5 Å². The quantitative estimate of drug-likeness (QED) is 0.0520. The van der Waals surface area contributed by atoms with Crippen molar-refractivity contribution in [2.75, 3.05) is 46.2 Å². The van der Waals surface area contributed by atoms with E-state index in [1.165, 1.54) is 167 Å². The van der Waals surface area contributed by atoms with Gasteiger partial charge >= 0.3 is 0 Å². The smallest absolute Gasteiger partial charge is 0.193 e. The molecule has 0 unspecified atom stereocenters.